The zero-order valence-corrected chi connectivity index (χ0v) is 12.4. The van der Waals surface area contributed by atoms with Crippen LogP contribution in [0.5, 0.6) is 0 Å². The fourth-order valence-corrected chi connectivity index (χ4v) is 1.85. The number of guanidine groups is 1. The number of hydrogen-bond donors (Lipinski definition) is 3. The average molecular weight is 312 g/mol. The summed E-state index contributed by atoms with van der Waals surface area (Å²) in [5.74, 6) is -0.766. The standard InChI is InChI=1S/C16H16N4O3/c1-23-15(22)11-4-8-12(9-5-11)19-14(21)10-2-6-13(7-3-10)20-16(17)18/h2-9H,1H3,(H,19,21)(H4,17,18,20). The summed E-state index contributed by atoms with van der Waals surface area (Å²) in [6.45, 7) is 0. The smallest absolute Gasteiger partial charge is 0.337 e. The lowest BCUT2D eigenvalue weighted by Gasteiger charge is -2.06. The van der Waals surface area contributed by atoms with Gasteiger partial charge in [0.25, 0.3) is 5.91 Å². The molecule has 7 nitrogen and oxygen atoms in total. The van der Waals surface area contributed by atoms with Crippen molar-refractivity contribution in [1.82, 2.24) is 0 Å². The topological polar surface area (TPSA) is 120 Å². The number of amides is 1. The van der Waals surface area contributed by atoms with E-state index in [2.05, 4.69) is 15.0 Å². The van der Waals surface area contributed by atoms with Crippen LogP contribution in [0, 0.1) is 0 Å². The molecule has 7 heteroatoms. The van der Waals surface area contributed by atoms with E-state index in [4.69, 9.17) is 11.5 Å². The molecule has 0 aliphatic rings. The van der Waals surface area contributed by atoms with E-state index in [0.717, 1.165) is 0 Å². The molecule has 0 unspecified atom stereocenters. The first-order valence-corrected chi connectivity index (χ1v) is 6.69. The molecule has 0 saturated heterocycles. The van der Waals surface area contributed by atoms with Crippen LogP contribution in [0.3, 0.4) is 0 Å². The van der Waals surface area contributed by atoms with Gasteiger partial charge in [0.15, 0.2) is 5.96 Å². The fraction of sp³-hybridized carbons (Fsp3) is 0.0625. The number of nitrogens with one attached hydrogen (secondary N) is 1. The van der Waals surface area contributed by atoms with Crippen molar-refractivity contribution in [1.29, 1.82) is 0 Å². The third-order valence-corrected chi connectivity index (χ3v) is 2.95. The van der Waals surface area contributed by atoms with Gasteiger partial charge in [0.05, 0.1) is 18.4 Å². The SMILES string of the molecule is COC(=O)c1ccc(NC(=O)c2ccc(N=C(N)N)cc2)cc1. The van der Waals surface area contributed by atoms with E-state index < -0.39 is 5.97 Å². The summed E-state index contributed by atoms with van der Waals surface area (Å²) in [6.07, 6.45) is 0. The van der Waals surface area contributed by atoms with Crippen molar-refractivity contribution in [3.05, 3.63) is 59.7 Å². The van der Waals surface area contributed by atoms with Crippen molar-refractivity contribution in [2.45, 2.75) is 0 Å². The molecule has 0 radical (unpaired) electrons. The van der Waals surface area contributed by atoms with E-state index in [9.17, 15) is 9.59 Å². The second-order valence-electron chi connectivity index (χ2n) is 4.61. The Morgan fingerprint density at radius 3 is 2.04 bits per heavy atom. The maximum absolute atomic E-state index is 12.1. The summed E-state index contributed by atoms with van der Waals surface area (Å²) in [7, 11) is 1.31. The maximum atomic E-state index is 12.1. The Morgan fingerprint density at radius 1 is 0.957 bits per heavy atom. The highest BCUT2D eigenvalue weighted by Crippen LogP contribution is 2.15. The maximum Gasteiger partial charge on any atom is 0.337 e. The highest BCUT2D eigenvalue weighted by molar-refractivity contribution is 6.04. The Bertz CT molecular complexity index is 733. The number of ether oxygens (including phenoxy) is 1. The van der Waals surface area contributed by atoms with Gasteiger partial charge in [0.2, 0.25) is 0 Å². The van der Waals surface area contributed by atoms with Crippen LogP contribution in [0.25, 0.3) is 0 Å². The van der Waals surface area contributed by atoms with Crippen LogP contribution in [0.2, 0.25) is 0 Å². The molecule has 0 spiro atoms. The van der Waals surface area contributed by atoms with Gasteiger partial charge in [-0.3, -0.25) is 4.79 Å². The van der Waals surface area contributed by atoms with E-state index in [-0.39, 0.29) is 11.9 Å². The minimum atomic E-state index is -0.432. The number of hydrogen-bond acceptors (Lipinski definition) is 4. The minimum Gasteiger partial charge on any atom is -0.465 e. The Morgan fingerprint density at radius 2 is 1.52 bits per heavy atom. The summed E-state index contributed by atoms with van der Waals surface area (Å²) < 4.78 is 4.61. The van der Waals surface area contributed by atoms with Crippen LogP contribution in [-0.4, -0.2) is 24.9 Å². The van der Waals surface area contributed by atoms with Crippen molar-refractivity contribution < 1.29 is 14.3 Å². The van der Waals surface area contributed by atoms with E-state index in [0.29, 0.717) is 22.5 Å². The number of rotatable bonds is 4. The minimum absolute atomic E-state index is 0.0482. The summed E-state index contributed by atoms with van der Waals surface area (Å²) in [5.41, 5.74) is 12.6. The van der Waals surface area contributed by atoms with E-state index >= 15 is 0 Å². The van der Waals surface area contributed by atoms with Gasteiger partial charge >= 0.3 is 5.97 Å². The molecule has 118 valence electrons. The van der Waals surface area contributed by atoms with Crippen molar-refractivity contribution in [2.75, 3.05) is 12.4 Å². The quantitative estimate of drug-likeness (QED) is 0.450. The first-order chi connectivity index (χ1) is 11.0. The number of methoxy groups -OCH3 is 1. The highest BCUT2D eigenvalue weighted by Gasteiger charge is 2.08. The van der Waals surface area contributed by atoms with Crippen LogP contribution in [0.4, 0.5) is 11.4 Å². The van der Waals surface area contributed by atoms with Gasteiger partial charge in [-0.25, -0.2) is 9.79 Å². The molecule has 0 aliphatic heterocycles. The molecule has 0 heterocycles. The van der Waals surface area contributed by atoms with Gasteiger partial charge in [-0.15, -0.1) is 0 Å². The van der Waals surface area contributed by atoms with Gasteiger partial charge < -0.3 is 21.5 Å². The van der Waals surface area contributed by atoms with Crippen LogP contribution in [0.15, 0.2) is 53.5 Å². The molecular formula is C16H16N4O3. The molecule has 0 bridgehead atoms. The van der Waals surface area contributed by atoms with Gasteiger partial charge in [-0.05, 0) is 48.5 Å². The van der Waals surface area contributed by atoms with Crippen LogP contribution in [-0.2, 0) is 4.74 Å². The second-order valence-corrected chi connectivity index (χ2v) is 4.61. The van der Waals surface area contributed by atoms with E-state index in [1.54, 1.807) is 48.5 Å². The molecule has 23 heavy (non-hydrogen) atoms. The lowest BCUT2D eigenvalue weighted by atomic mass is 10.1. The van der Waals surface area contributed by atoms with Crippen molar-refractivity contribution in [2.24, 2.45) is 16.5 Å². The lowest BCUT2D eigenvalue weighted by Crippen LogP contribution is -2.21. The Kier molecular flexibility index (Phi) is 4.93. The normalized spacial score (nSPS) is 9.78. The number of esters is 1. The molecule has 0 atom stereocenters. The molecule has 1 amide bonds. The molecule has 0 fully saturated rings. The van der Waals surface area contributed by atoms with Crippen LogP contribution >= 0.6 is 0 Å². The van der Waals surface area contributed by atoms with Crippen molar-refractivity contribution in [3.8, 4) is 0 Å². The predicted octanol–water partition coefficient (Wildman–Crippen LogP) is 1.63. The predicted molar refractivity (Wildman–Crippen MR) is 87.6 cm³/mol. The summed E-state index contributed by atoms with van der Waals surface area (Å²) in [6, 6.07) is 12.9. The number of aliphatic imine (C=N–C) groups is 1. The van der Waals surface area contributed by atoms with E-state index in [1.165, 1.54) is 7.11 Å². The van der Waals surface area contributed by atoms with Crippen molar-refractivity contribution in [3.63, 3.8) is 0 Å². The summed E-state index contributed by atoms with van der Waals surface area (Å²) >= 11 is 0. The second kappa shape index (κ2) is 7.08. The van der Waals surface area contributed by atoms with Crippen molar-refractivity contribution >= 4 is 29.2 Å². The number of benzene rings is 2. The molecule has 0 saturated carbocycles. The fourth-order valence-electron chi connectivity index (χ4n) is 1.85. The number of nitrogens with two attached hydrogens (primary N) is 2. The largest absolute Gasteiger partial charge is 0.465 e. The lowest BCUT2D eigenvalue weighted by molar-refractivity contribution is 0.0600. The molecule has 2 rings (SSSR count). The summed E-state index contributed by atoms with van der Waals surface area (Å²) in [4.78, 5) is 27.3. The zero-order valence-electron chi connectivity index (χ0n) is 12.4. The Labute approximate surface area is 133 Å². The first kappa shape index (κ1) is 16.0. The van der Waals surface area contributed by atoms with Gasteiger partial charge in [-0.2, -0.15) is 0 Å². The average Bonchev–Trinajstić information content (AvgIpc) is 2.55. The van der Waals surface area contributed by atoms with Gasteiger partial charge in [-0.1, -0.05) is 0 Å². The first-order valence-electron chi connectivity index (χ1n) is 6.69. The molecule has 0 aromatic heterocycles. The highest BCUT2D eigenvalue weighted by atomic mass is 16.5. The molecule has 5 N–H and O–H groups in total. The molecule has 2 aromatic rings. The number of carbonyl (C=O) groups is 2. The molecule has 2 aromatic carbocycles. The van der Waals surface area contributed by atoms with E-state index in [1.807, 2.05) is 0 Å². The molecule has 0 aliphatic carbocycles. The number of nitrogens with zero attached hydrogens (tertiary/aromatic N) is 1. The number of anilines is 1. The van der Waals surface area contributed by atoms with Crippen LogP contribution < -0.4 is 16.8 Å². The molecular weight excluding hydrogens is 296 g/mol. The monoisotopic (exact) mass is 312 g/mol. The Hall–Kier alpha value is -3.35. The number of carbonyl (C=O) groups excluding carboxylic acids is 2. The third-order valence-electron chi connectivity index (χ3n) is 2.95. The van der Waals surface area contributed by atoms with Gasteiger partial charge in [0, 0.05) is 11.3 Å². The van der Waals surface area contributed by atoms with Crippen LogP contribution in [0.1, 0.15) is 20.7 Å². The summed E-state index contributed by atoms with van der Waals surface area (Å²) in [5, 5.41) is 2.73. The zero-order chi connectivity index (χ0) is 16.8. The Balaban J connectivity index is 2.06. The third kappa shape index (κ3) is 4.31. The van der Waals surface area contributed by atoms with Gasteiger partial charge in [0.1, 0.15) is 0 Å².